The smallest absolute Gasteiger partial charge is 0.0533 e. The van der Waals surface area contributed by atoms with E-state index in [1.165, 1.54) is 32.1 Å². The molecule has 12 heavy (non-hydrogen) atoms. The Kier molecular flexibility index (Phi) is 80.3. The second-order valence-electron chi connectivity index (χ2n) is 2.12. The maximum absolute atomic E-state index is 2.12. The highest BCUT2D eigenvalue weighted by atomic mass is 31.0. The molecular weight excluding hydrogens is 163 g/mol. The Morgan fingerprint density at radius 1 is 0.667 bits per heavy atom. The van der Waals surface area contributed by atoms with Gasteiger partial charge in [-0.3, -0.25) is 0 Å². The summed E-state index contributed by atoms with van der Waals surface area (Å²) >= 11 is 0. The molecule has 0 aromatic rings. The SMILES string of the molecule is C1CCC1.CC.CC.CCC.P. The lowest BCUT2D eigenvalue weighted by Crippen LogP contribution is -1.85. The lowest BCUT2D eigenvalue weighted by molar-refractivity contribution is 0.504. The maximum atomic E-state index is 2.12. The molecule has 0 amide bonds. The van der Waals surface area contributed by atoms with Crippen LogP contribution in [0.4, 0.5) is 0 Å². The number of rotatable bonds is 0. The molecule has 0 saturated heterocycles. The molecule has 1 atom stereocenters. The molecule has 0 aromatic heterocycles. The largest absolute Gasteiger partial charge is 0.153 e. The summed E-state index contributed by atoms with van der Waals surface area (Å²) < 4.78 is 0. The molecule has 1 aliphatic carbocycles. The van der Waals surface area contributed by atoms with E-state index in [1.807, 2.05) is 27.7 Å². The van der Waals surface area contributed by atoms with Gasteiger partial charge in [0.2, 0.25) is 0 Å². The van der Waals surface area contributed by atoms with Gasteiger partial charge in [0.25, 0.3) is 0 Å². The number of hydrogen-bond acceptors (Lipinski definition) is 0. The first-order valence-corrected chi connectivity index (χ1v) is 5.41. The molecule has 0 aromatic carbocycles. The fraction of sp³-hybridized carbons (Fsp3) is 1.00. The van der Waals surface area contributed by atoms with Gasteiger partial charge in [0.15, 0.2) is 0 Å². The molecule has 1 saturated carbocycles. The minimum Gasteiger partial charge on any atom is -0.153 e. The summed E-state index contributed by atoms with van der Waals surface area (Å²) in [5.74, 6) is 0. The van der Waals surface area contributed by atoms with Crippen LogP contribution in [0.5, 0.6) is 0 Å². The van der Waals surface area contributed by atoms with Crippen molar-refractivity contribution in [1.82, 2.24) is 0 Å². The minimum absolute atomic E-state index is 0. The molecule has 0 aliphatic heterocycles. The second-order valence-corrected chi connectivity index (χ2v) is 2.12. The molecule has 80 valence electrons. The van der Waals surface area contributed by atoms with Crippen molar-refractivity contribution in [3.63, 3.8) is 0 Å². The van der Waals surface area contributed by atoms with Crippen LogP contribution >= 0.6 is 9.90 Å². The van der Waals surface area contributed by atoms with E-state index in [4.69, 9.17) is 0 Å². The van der Waals surface area contributed by atoms with Crippen LogP contribution in [0.2, 0.25) is 0 Å². The fourth-order valence-electron chi connectivity index (χ4n) is 0.250. The summed E-state index contributed by atoms with van der Waals surface area (Å²) in [4.78, 5) is 0. The van der Waals surface area contributed by atoms with E-state index in [9.17, 15) is 0 Å². The van der Waals surface area contributed by atoms with Gasteiger partial charge in [0.05, 0.1) is 0 Å². The van der Waals surface area contributed by atoms with E-state index in [1.54, 1.807) is 0 Å². The van der Waals surface area contributed by atoms with E-state index in [0.29, 0.717) is 0 Å². The molecule has 0 nitrogen and oxygen atoms in total. The van der Waals surface area contributed by atoms with Gasteiger partial charge in [-0.15, -0.1) is 0 Å². The van der Waals surface area contributed by atoms with Crippen molar-refractivity contribution in [2.75, 3.05) is 0 Å². The fourth-order valence-corrected chi connectivity index (χ4v) is 0.250. The molecule has 1 unspecified atom stereocenters. The molecule has 0 N–H and O–H groups in total. The first-order valence-electron chi connectivity index (χ1n) is 5.41. The molecule has 0 spiro atoms. The Morgan fingerprint density at radius 2 is 0.750 bits per heavy atom. The normalized spacial score (nSPS) is 10.5. The van der Waals surface area contributed by atoms with E-state index in [2.05, 4.69) is 13.8 Å². The lowest BCUT2D eigenvalue weighted by atomic mass is 10.0. The van der Waals surface area contributed by atoms with Gasteiger partial charge in [-0.05, 0) is 0 Å². The van der Waals surface area contributed by atoms with Crippen LogP contribution < -0.4 is 0 Å². The van der Waals surface area contributed by atoms with Gasteiger partial charge in [-0.2, -0.15) is 9.90 Å². The third kappa shape index (κ3) is 47.3. The minimum atomic E-state index is 0. The van der Waals surface area contributed by atoms with E-state index in [0.717, 1.165) is 0 Å². The monoisotopic (exact) mass is 194 g/mol. The summed E-state index contributed by atoms with van der Waals surface area (Å²) in [5, 5.41) is 0. The zero-order valence-corrected chi connectivity index (χ0v) is 11.7. The van der Waals surface area contributed by atoms with Gasteiger partial charge < -0.3 is 0 Å². The van der Waals surface area contributed by atoms with Crippen molar-refractivity contribution in [3.05, 3.63) is 0 Å². The van der Waals surface area contributed by atoms with E-state index >= 15 is 0 Å². The zero-order valence-electron chi connectivity index (χ0n) is 10.2. The molecule has 1 heteroatoms. The quantitative estimate of drug-likeness (QED) is 0.471. The molecule has 1 rings (SSSR count). The number of hydrogen-bond donors (Lipinski definition) is 0. The van der Waals surface area contributed by atoms with E-state index in [-0.39, 0.29) is 9.90 Å². The summed E-state index contributed by atoms with van der Waals surface area (Å²) in [6.07, 6.45) is 7.25. The Labute approximate surface area is 84.2 Å². The molecule has 0 bridgehead atoms. The second kappa shape index (κ2) is 42.2. The highest BCUT2D eigenvalue weighted by Gasteiger charge is 1.95. The van der Waals surface area contributed by atoms with Crippen LogP contribution in [0, 0.1) is 0 Å². The standard InChI is InChI=1S/C4H8.C3H8.2C2H6.H3P/c1-2-4-3-1;1-3-2;2*1-2;/h1-4H2;3H2,1-2H3;2*1-2H3;1H3. The predicted octanol–water partition coefficient (Wildman–Crippen LogP) is 5.09. The highest BCUT2D eigenvalue weighted by molar-refractivity contribution is 6.92. The van der Waals surface area contributed by atoms with Crippen LogP contribution in [0.3, 0.4) is 0 Å². The van der Waals surface area contributed by atoms with Gasteiger partial charge in [0.1, 0.15) is 0 Å². The molecule has 1 fully saturated rings. The van der Waals surface area contributed by atoms with Crippen LogP contribution in [-0.4, -0.2) is 0 Å². The lowest BCUT2D eigenvalue weighted by Gasteiger charge is -2.05. The van der Waals surface area contributed by atoms with Gasteiger partial charge in [0, 0.05) is 0 Å². The van der Waals surface area contributed by atoms with Crippen molar-refractivity contribution in [2.24, 2.45) is 0 Å². The van der Waals surface area contributed by atoms with Crippen LogP contribution in [-0.2, 0) is 0 Å². The maximum Gasteiger partial charge on any atom is -0.0533 e. The summed E-state index contributed by atoms with van der Waals surface area (Å²) in [5.41, 5.74) is 0. The average molecular weight is 194 g/mol. The van der Waals surface area contributed by atoms with Crippen LogP contribution in [0.1, 0.15) is 73.6 Å². The summed E-state index contributed by atoms with van der Waals surface area (Å²) in [6, 6.07) is 0. The Hall–Kier alpha value is 0.430. The van der Waals surface area contributed by atoms with Gasteiger partial charge in [-0.1, -0.05) is 73.6 Å². The van der Waals surface area contributed by atoms with Crippen molar-refractivity contribution >= 4 is 9.90 Å². The topological polar surface area (TPSA) is 0 Å². The third-order valence-electron chi connectivity index (χ3n) is 1.000. The Balaban J connectivity index is -0.0000000369. The Morgan fingerprint density at radius 3 is 0.750 bits per heavy atom. The predicted molar refractivity (Wildman–Crippen MR) is 68.2 cm³/mol. The Bertz CT molecular complexity index is 20.2. The molecular formula is C11H31P. The zero-order chi connectivity index (χ0) is 9.54. The molecule has 1 aliphatic rings. The van der Waals surface area contributed by atoms with Crippen molar-refractivity contribution in [3.8, 4) is 0 Å². The van der Waals surface area contributed by atoms with Gasteiger partial charge in [-0.25, -0.2) is 0 Å². The van der Waals surface area contributed by atoms with E-state index < -0.39 is 0 Å². The van der Waals surface area contributed by atoms with Crippen molar-refractivity contribution in [1.29, 1.82) is 0 Å². The average Bonchev–Trinajstić information content (AvgIpc) is 1.93. The van der Waals surface area contributed by atoms with Crippen LogP contribution in [0.25, 0.3) is 0 Å². The summed E-state index contributed by atoms with van der Waals surface area (Å²) in [7, 11) is 0. The van der Waals surface area contributed by atoms with Gasteiger partial charge >= 0.3 is 0 Å². The third-order valence-corrected chi connectivity index (χ3v) is 1.000. The first kappa shape index (κ1) is 22.9. The molecule has 0 radical (unpaired) electrons. The van der Waals surface area contributed by atoms with Crippen molar-refractivity contribution in [2.45, 2.75) is 73.6 Å². The first-order chi connectivity index (χ1) is 5.41. The van der Waals surface area contributed by atoms with Crippen LogP contribution in [0.15, 0.2) is 0 Å². The van der Waals surface area contributed by atoms with Crippen molar-refractivity contribution < 1.29 is 0 Å². The molecule has 0 heterocycles. The highest BCUT2D eigenvalue weighted by Crippen LogP contribution is 2.15. The summed E-state index contributed by atoms with van der Waals surface area (Å²) in [6.45, 7) is 12.2.